The van der Waals surface area contributed by atoms with Crippen molar-refractivity contribution in [3.63, 3.8) is 0 Å². The van der Waals surface area contributed by atoms with Crippen molar-refractivity contribution >= 4 is 29.0 Å². The van der Waals surface area contributed by atoms with Gasteiger partial charge in [-0.1, -0.05) is 36.5 Å². The summed E-state index contributed by atoms with van der Waals surface area (Å²) in [6.07, 6.45) is 5.24. The Labute approximate surface area is 129 Å². The van der Waals surface area contributed by atoms with Gasteiger partial charge in [0.1, 0.15) is 0 Å². The molecule has 2 saturated heterocycles. The van der Waals surface area contributed by atoms with Crippen LogP contribution in [0.15, 0.2) is 18.2 Å². The fraction of sp³-hybridized carbons (Fsp3) is 0.562. The van der Waals surface area contributed by atoms with E-state index in [0.717, 1.165) is 25.7 Å². The van der Waals surface area contributed by atoms with Crippen LogP contribution in [-0.4, -0.2) is 17.9 Å². The summed E-state index contributed by atoms with van der Waals surface area (Å²) in [4.78, 5) is 13.1. The van der Waals surface area contributed by atoms with E-state index in [9.17, 15) is 4.79 Å². The lowest BCUT2D eigenvalue weighted by atomic mass is 9.66. The number of halogens is 2. The number of ketones is 1. The Hall–Kier alpha value is -0.570. The first kappa shape index (κ1) is 14.4. The van der Waals surface area contributed by atoms with E-state index >= 15 is 0 Å². The van der Waals surface area contributed by atoms with Gasteiger partial charge in [0.25, 0.3) is 0 Å². The standard InChI is InChI=1S/C16H19Cl2NO/c1-2-7-16(9-11-4-6-14(16)19-11)15(20)10-3-5-12(17)13(18)8-10/h3,5,8,11,14,19H,2,4,6-7,9H2,1H3/t11-,14+,16?/m0/s1. The van der Waals surface area contributed by atoms with Crippen molar-refractivity contribution in [2.45, 2.75) is 51.1 Å². The van der Waals surface area contributed by atoms with Crippen LogP contribution in [0.5, 0.6) is 0 Å². The van der Waals surface area contributed by atoms with Crippen LogP contribution in [0.2, 0.25) is 10.0 Å². The van der Waals surface area contributed by atoms with Crippen LogP contribution in [0.25, 0.3) is 0 Å². The molecular formula is C16H19Cl2NO. The van der Waals surface area contributed by atoms with Gasteiger partial charge in [0.2, 0.25) is 0 Å². The van der Waals surface area contributed by atoms with Crippen LogP contribution in [0.4, 0.5) is 0 Å². The van der Waals surface area contributed by atoms with Crippen molar-refractivity contribution in [3.05, 3.63) is 33.8 Å². The molecule has 0 saturated carbocycles. The Bertz CT molecular complexity index is 545. The molecule has 1 aromatic carbocycles. The van der Waals surface area contributed by atoms with E-state index in [0.29, 0.717) is 27.7 Å². The smallest absolute Gasteiger partial charge is 0.170 e. The molecule has 1 aromatic rings. The third-order valence-corrected chi connectivity index (χ3v) is 5.59. The van der Waals surface area contributed by atoms with Crippen LogP contribution in [-0.2, 0) is 0 Å². The van der Waals surface area contributed by atoms with Crippen molar-refractivity contribution in [3.8, 4) is 0 Å². The summed E-state index contributed by atoms with van der Waals surface area (Å²) in [5.74, 6) is 0.234. The number of benzene rings is 1. The highest BCUT2D eigenvalue weighted by Gasteiger charge is 2.54. The van der Waals surface area contributed by atoms with Crippen molar-refractivity contribution in [1.29, 1.82) is 0 Å². The van der Waals surface area contributed by atoms with E-state index in [4.69, 9.17) is 23.2 Å². The molecule has 0 aliphatic carbocycles. The number of fused-ring (bicyclic) bond motifs is 2. The van der Waals surface area contributed by atoms with E-state index in [-0.39, 0.29) is 11.2 Å². The Balaban J connectivity index is 1.95. The lowest BCUT2D eigenvalue weighted by Crippen LogP contribution is -2.42. The van der Waals surface area contributed by atoms with Gasteiger partial charge in [-0.2, -0.15) is 0 Å². The van der Waals surface area contributed by atoms with Crippen molar-refractivity contribution in [2.75, 3.05) is 0 Å². The second-order valence-electron chi connectivity index (χ2n) is 6.06. The molecule has 1 unspecified atom stereocenters. The Kier molecular flexibility index (Phi) is 3.83. The molecule has 3 rings (SSSR count). The molecule has 3 atom stereocenters. The van der Waals surface area contributed by atoms with Crippen LogP contribution >= 0.6 is 23.2 Å². The number of hydrogen-bond donors (Lipinski definition) is 1. The summed E-state index contributed by atoms with van der Waals surface area (Å²) in [7, 11) is 0. The van der Waals surface area contributed by atoms with E-state index in [1.54, 1.807) is 18.2 Å². The van der Waals surface area contributed by atoms with Gasteiger partial charge in [0.15, 0.2) is 5.78 Å². The summed E-state index contributed by atoms with van der Waals surface area (Å²) < 4.78 is 0. The van der Waals surface area contributed by atoms with Gasteiger partial charge in [0, 0.05) is 17.6 Å². The number of carbonyl (C=O) groups is 1. The lowest BCUT2D eigenvalue weighted by Gasteiger charge is -2.35. The zero-order chi connectivity index (χ0) is 14.3. The molecule has 2 nitrogen and oxygen atoms in total. The molecule has 2 fully saturated rings. The number of rotatable bonds is 4. The highest BCUT2D eigenvalue weighted by Crippen LogP contribution is 2.48. The minimum atomic E-state index is -0.241. The molecule has 0 radical (unpaired) electrons. The maximum Gasteiger partial charge on any atom is 0.170 e. The largest absolute Gasteiger partial charge is 0.310 e. The van der Waals surface area contributed by atoms with Gasteiger partial charge < -0.3 is 5.32 Å². The Morgan fingerprint density at radius 3 is 2.70 bits per heavy atom. The number of Topliss-reactive ketones (excluding diaryl/α,β-unsaturated/α-hetero) is 1. The van der Waals surface area contributed by atoms with Gasteiger partial charge in [-0.15, -0.1) is 0 Å². The molecule has 0 spiro atoms. The van der Waals surface area contributed by atoms with Crippen molar-refractivity contribution in [1.82, 2.24) is 5.32 Å². The maximum absolute atomic E-state index is 13.1. The summed E-state index contributed by atoms with van der Waals surface area (Å²) in [5.41, 5.74) is 0.455. The quantitative estimate of drug-likeness (QED) is 0.830. The minimum absolute atomic E-state index is 0.234. The monoisotopic (exact) mass is 311 g/mol. The number of nitrogens with one attached hydrogen (secondary N) is 1. The molecular weight excluding hydrogens is 293 g/mol. The van der Waals surface area contributed by atoms with Crippen molar-refractivity contribution < 1.29 is 4.79 Å². The average Bonchev–Trinajstić information content (AvgIpc) is 3.02. The molecule has 2 heterocycles. The average molecular weight is 312 g/mol. The molecule has 20 heavy (non-hydrogen) atoms. The van der Waals surface area contributed by atoms with Crippen LogP contribution < -0.4 is 5.32 Å². The molecule has 2 aliphatic heterocycles. The Morgan fingerprint density at radius 2 is 2.15 bits per heavy atom. The predicted octanol–water partition coefficient (Wildman–Crippen LogP) is 4.49. The predicted molar refractivity (Wildman–Crippen MR) is 82.7 cm³/mol. The van der Waals surface area contributed by atoms with E-state index in [1.165, 1.54) is 6.42 Å². The Morgan fingerprint density at radius 1 is 1.35 bits per heavy atom. The normalized spacial score (nSPS) is 31.8. The highest BCUT2D eigenvalue weighted by atomic mass is 35.5. The van der Waals surface area contributed by atoms with Gasteiger partial charge in [-0.25, -0.2) is 0 Å². The maximum atomic E-state index is 13.1. The molecule has 2 aliphatic rings. The highest BCUT2D eigenvalue weighted by molar-refractivity contribution is 6.42. The second kappa shape index (κ2) is 5.32. The second-order valence-corrected chi connectivity index (χ2v) is 6.88. The first-order valence-electron chi connectivity index (χ1n) is 7.33. The SMILES string of the molecule is CCCC1(C(=O)c2ccc(Cl)c(Cl)c2)C[C@@H]2CC[C@H]1N2. The molecule has 1 N–H and O–H groups in total. The first-order chi connectivity index (χ1) is 9.56. The first-order valence-corrected chi connectivity index (χ1v) is 8.08. The molecule has 108 valence electrons. The summed E-state index contributed by atoms with van der Waals surface area (Å²) in [6.45, 7) is 2.15. The topological polar surface area (TPSA) is 29.1 Å². The van der Waals surface area contributed by atoms with Crippen LogP contribution in [0, 0.1) is 5.41 Å². The number of hydrogen-bond acceptors (Lipinski definition) is 2. The zero-order valence-electron chi connectivity index (χ0n) is 11.6. The van der Waals surface area contributed by atoms with Crippen molar-refractivity contribution in [2.24, 2.45) is 5.41 Å². The third-order valence-electron chi connectivity index (χ3n) is 4.85. The van der Waals surface area contributed by atoms with E-state index in [2.05, 4.69) is 12.2 Å². The van der Waals surface area contributed by atoms with Crippen LogP contribution in [0.3, 0.4) is 0 Å². The third kappa shape index (κ3) is 2.18. The molecule has 2 bridgehead atoms. The van der Waals surface area contributed by atoms with E-state index in [1.807, 2.05) is 0 Å². The fourth-order valence-corrected chi connectivity index (χ4v) is 4.31. The van der Waals surface area contributed by atoms with E-state index < -0.39 is 0 Å². The zero-order valence-corrected chi connectivity index (χ0v) is 13.1. The summed E-state index contributed by atoms with van der Waals surface area (Å²) >= 11 is 12.0. The minimum Gasteiger partial charge on any atom is -0.310 e. The van der Waals surface area contributed by atoms with Crippen LogP contribution in [0.1, 0.15) is 49.4 Å². The molecule has 4 heteroatoms. The number of carbonyl (C=O) groups excluding carboxylic acids is 1. The van der Waals surface area contributed by atoms with Gasteiger partial charge >= 0.3 is 0 Å². The summed E-state index contributed by atoms with van der Waals surface area (Å²) in [5, 5.41) is 4.56. The molecule has 0 amide bonds. The van der Waals surface area contributed by atoms with Gasteiger partial charge in [-0.05, 0) is 43.9 Å². The van der Waals surface area contributed by atoms with Gasteiger partial charge in [0.05, 0.1) is 15.5 Å². The lowest BCUT2D eigenvalue weighted by molar-refractivity contribution is 0.0720. The fourth-order valence-electron chi connectivity index (χ4n) is 4.01. The molecule has 0 aromatic heterocycles. The van der Waals surface area contributed by atoms with Gasteiger partial charge in [-0.3, -0.25) is 4.79 Å². The summed E-state index contributed by atoms with van der Waals surface area (Å²) in [6, 6.07) is 6.08.